The Hall–Kier alpha value is -4.56. The number of primary amides is 1. The lowest BCUT2D eigenvalue weighted by molar-refractivity contribution is -0.116. The number of aromatic hydroxyl groups is 1. The predicted octanol–water partition coefficient (Wildman–Crippen LogP) is 3.48. The number of carbonyl (C=O) groups excluding carboxylic acids is 2. The maximum Gasteiger partial charge on any atom is 0.263 e. The molecule has 4 aromatic rings. The maximum absolute atomic E-state index is 15.1. The van der Waals surface area contributed by atoms with E-state index in [-0.39, 0.29) is 34.2 Å². The number of anilines is 2. The number of halogens is 3. The number of phenols is 1. The zero-order valence-corrected chi connectivity index (χ0v) is 26.2. The molecule has 12 nitrogen and oxygen atoms in total. The molecule has 0 unspecified atom stereocenters. The summed E-state index contributed by atoms with van der Waals surface area (Å²) < 4.78 is 32.2. The van der Waals surface area contributed by atoms with E-state index in [0.29, 0.717) is 17.5 Å². The van der Waals surface area contributed by atoms with Crippen LogP contribution in [0.15, 0.2) is 35.6 Å². The second-order valence-corrected chi connectivity index (χ2v) is 12.4. The molecule has 0 spiro atoms. The van der Waals surface area contributed by atoms with Crippen LogP contribution in [0, 0.1) is 17.6 Å². The number of nitrogens with zero attached hydrogens (tertiary/aromatic N) is 6. The standard InChI is InChI=1S/C31H33ClF2N8O4/c1-15-11-40(16(2)17-4-5-17)6-7-42(15)23-9-22(21(32)10-36-23)38-24(43)13-41-12-20(25-30(41)37-14-39(3)31(25)46)18-8-19(29(35)45)28(44)27(34)26(18)33/h8-10,12,14-17,44H,4-7,11,13H2,1-3H3,(H2,35,45)(H,36,38,43)/t15-,16+/m0/s1. The minimum Gasteiger partial charge on any atom is -0.504 e. The van der Waals surface area contributed by atoms with Crippen LogP contribution in [0.2, 0.25) is 5.02 Å². The van der Waals surface area contributed by atoms with E-state index in [1.54, 1.807) is 6.07 Å². The molecule has 242 valence electrons. The molecule has 1 aromatic carbocycles. The lowest BCUT2D eigenvalue weighted by atomic mass is 10.0. The van der Waals surface area contributed by atoms with E-state index in [9.17, 15) is 23.9 Å². The van der Waals surface area contributed by atoms with Gasteiger partial charge in [-0.25, -0.2) is 14.4 Å². The summed E-state index contributed by atoms with van der Waals surface area (Å²) in [6.07, 6.45) is 6.52. The number of aromatic nitrogens is 4. The number of piperazine rings is 1. The summed E-state index contributed by atoms with van der Waals surface area (Å²) in [7, 11) is 1.42. The van der Waals surface area contributed by atoms with Crippen molar-refractivity contribution in [3.63, 3.8) is 0 Å². The van der Waals surface area contributed by atoms with Crippen LogP contribution in [0.25, 0.3) is 22.2 Å². The first-order valence-electron chi connectivity index (χ1n) is 14.9. The number of benzene rings is 1. The molecule has 0 radical (unpaired) electrons. The van der Waals surface area contributed by atoms with Crippen LogP contribution in [0.3, 0.4) is 0 Å². The van der Waals surface area contributed by atoms with Gasteiger partial charge in [-0.05, 0) is 38.7 Å². The Kier molecular flexibility index (Phi) is 8.19. The van der Waals surface area contributed by atoms with E-state index < -0.39 is 45.9 Å². The van der Waals surface area contributed by atoms with Gasteiger partial charge in [0, 0.05) is 62.2 Å². The van der Waals surface area contributed by atoms with Crippen molar-refractivity contribution >= 4 is 46.0 Å². The first-order valence-corrected chi connectivity index (χ1v) is 15.2. The highest BCUT2D eigenvalue weighted by Gasteiger charge is 2.35. The van der Waals surface area contributed by atoms with Gasteiger partial charge in [0.05, 0.1) is 34.2 Å². The Morgan fingerprint density at radius 3 is 2.59 bits per heavy atom. The minimum absolute atomic E-state index is 0.00962. The smallest absolute Gasteiger partial charge is 0.263 e. The van der Waals surface area contributed by atoms with E-state index in [2.05, 4.69) is 38.9 Å². The second-order valence-electron chi connectivity index (χ2n) is 12.0. The number of amides is 2. The number of nitrogens with two attached hydrogens (primary N) is 1. The second kappa shape index (κ2) is 12.0. The SMILES string of the molecule is C[C@H](C1CC1)N1CCN(c2cc(NC(=O)Cn3cc(-c4cc(C(N)=O)c(O)c(F)c4F)c4c(=O)n(C)cnc43)c(Cl)cn2)[C@@H](C)C1. The van der Waals surface area contributed by atoms with Gasteiger partial charge < -0.3 is 30.2 Å². The number of pyridine rings is 1. The average molecular weight is 655 g/mol. The van der Waals surface area contributed by atoms with Crippen molar-refractivity contribution in [3.8, 4) is 16.9 Å². The van der Waals surface area contributed by atoms with Crippen LogP contribution >= 0.6 is 11.6 Å². The fraction of sp³-hybridized carbons (Fsp3) is 0.387. The molecule has 46 heavy (non-hydrogen) atoms. The number of carbonyl (C=O) groups is 2. The van der Waals surface area contributed by atoms with Gasteiger partial charge in [0.1, 0.15) is 18.0 Å². The van der Waals surface area contributed by atoms with Crippen molar-refractivity contribution in [1.29, 1.82) is 0 Å². The minimum atomic E-state index is -1.71. The van der Waals surface area contributed by atoms with Crippen LogP contribution in [-0.2, 0) is 18.4 Å². The van der Waals surface area contributed by atoms with Gasteiger partial charge in [0.15, 0.2) is 11.6 Å². The predicted molar refractivity (Wildman–Crippen MR) is 169 cm³/mol. The van der Waals surface area contributed by atoms with Gasteiger partial charge in [-0.3, -0.25) is 19.3 Å². The molecule has 1 saturated carbocycles. The molecule has 3 aromatic heterocycles. The molecule has 1 aliphatic carbocycles. The lowest BCUT2D eigenvalue weighted by Crippen LogP contribution is -2.55. The molecular formula is C31H33ClF2N8O4. The van der Waals surface area contributed by atoms with Crippen LogP contribution < -0.4 is 21.5 Å². The molecule has 15 heteroatoms. The van der Waals surface area contributed by atoms with E-state index >= 15 is 4.39 Å². The van der Waals surface area contributed by atoms with Crippen molar-refractivity contribution in [2.45, 2.75) is 45.3 Å². The van der Waals surface area contributed by atoms with Crippen molar-refractivity contribution in [3.05, 3.63) is 63.4 Å². The molecule has 0 bridgehead atoms. The fourth-order valence-electron chi connectivity index (χ4n) is 6.19. The summed E-state index contributed by atoms with van der Waals surface area (Å²) in [5.41, 5.74) is 3.64. The molecule has 1 saturated heterocycles. The average Bonchev–Trinajstić information content (AvgIpc) is 3.81. The summed E-state index contributed by atoms with van der Waals surface area (Å²) in [6.45, 7) is 6.61. The van der Waals surface area contributed by atoms with Crippen LogP contribution in [-0.4, -0.2) is 72.6 Å². The lowest BCUT2D eigenvalue weighted by Gasteiger charge is -2.43. The molecule has 1 aliphatic heterocycles. The summed E-state index contributed by atoms with van der Waals surface area (Å²) in [4.78, 5) is 51.8. The molecule has 6 rings (SSSR count). The number of nitrogens with one attached hydrogen (secondary N) is 1. The molecule has 4 heterocycles. The Morgan fingerprint density at radius 2 is 1.91 bits per heavy atom. The molecule has 2 atom stereocenters. The van der Waals surface area contributed by atoms with Crippen LogP contribution in [0.4, 0.5) is 20.3 Å². The van der Waals surface area contributed by atoms with Gasteiger partial charge in [0.2, 0.25) is 11.7 Å². The summed E-state index contributed by atoms with van der Waals surface area (Å²) in [6, 6.07) is 3.30. The third-order valence-electron chi connectivity index (χ3n) is 8.94. The van der Waals surface area contributed by atoms with Crippen molar-refractivity contribution in [1.82, 2.24) is 24.0 Å². The maximum atomic E-state index is 15.1. The summed E-state index contributed by atoms with van der Waals surface area (Å²) in [5, 5.41) is 12.8. The molecular weight excluding hydrogens is 622 g/mol. The zero-order valence-electron chi connectivity index (χ0n) is 25.4. The van der Waals surface area contributed by atoms with Crippen molar-refractivity contribution < 1.29 is 23.5 Å². The Morgan fingerprint density at radius 1 is 1.17 bits per heavy atom. The van der Waals surface area contributed by atoms with Gasteiger partial charge in [-0.1, -0.05) is 11.6 Å². The fourth-order valence-corrected chi connectivity index (χ4v) is 6.34. The quantitative estimate of drug-likeness (QED) is 0.261. The number of aryl methyl sites for hydroxylation is 1. The number of fused-ring (bicyclic) bond motifs is 1. The summed E-state index contributed by atoms with van der Waals surface area (Å²) in [5.74, 6) is -4.77. The Labute approximate surface area is 267 Å². The van der Waals surface area contributed by atoms with E-state index in [0.717, 1.165) is 36.2 Å². The van der Waals surface area contributed by atoms with E-state index in [1.807, 2.05) is 0 Å². The number of rotatable bonds is 8. The third-order valence-corrected chi connectivity index (χ3v) is 9.24. The van der Waals surface area contributed by atoms with Crippen molar-refractivity contribution in [2.24, 2.45) is 18.7 Å². The van der Waals surface area contributed by atoms with Gasteiger partial charge in [0.25, 0.3) is 11.5 Å². The van der Waals surface area contributed by atoms with E-state index in [1.165, 1.54) is 43.2 Å². The zero-order chi connectivity index (χ0) is 33.0. The van der Waals surface area contributed by atoms with Gasteiger partial charge in [-0.2, -0.15) is 4.39 Å². The monoisotopic (exact) mass is 654 g/mol. The first kappa shape index (κ1) is 31.4. The molecule has 2 aliphatic rings. The normalized spacial score (nSPS) is 17.8. The largest absolute Gasteiger partial charge is 0.504 e. The third kappa shape index (κ3) is 5.66. The van der Waals surface area contributed by atoms with Crippen LogP contribution in [0.5, 0.6) is 5.75 Å². The highest BCUT2D eigenvalue weighted by atomic mass is 35.5. The van der Waals surface area contributed by atoms with Crippen molar-refractivity contribution in [2.75, 3.05) is 29.9 Å². The summed E-state index contributed by atoms with van der Waals surface area (Å²) >= 11 is 6.43. The topological polar surface area (TPSA) is 152 Å². The molecule has 4 N–H and O–H groups in total. The van der Waals surface area contributed by atoms with Gasteiger partial charge in [-0.15, -0.1) is 0 Å². The highest BCUT2D eigenvalue weighted by molar-refractivity contribution is 6.33. The number of hydrogen-bond acceptors (Lipinski definition) is 8. The Balaban J connectivity index is 1.28. The Bertz CT molecular complexity index is 1940. The van der Waals surface area contributed by atoms with Crippen LogP contribution in [0.1, 0.15) is 37.0 Å². The molecule has 2 amide bonds. The van der Waals surface area contributed by atoms with E-state index in [4.69, 9.17) is 17.3 Å². The highest BCUT2D eigenvalue weighted by Crippen LogP contribution is 2.37. The van der Waals surface area contributed by atoms with Gasteiger partial charge >= 0.3 is 0 Å². The first-order chi connectivity index (χ1) is 21.8. The molecule has 2 fully saturated rings. The number of hydrogen-bond donors (Lipinski definition) is 3.